The number of benzene rings is 1. The highest BCUT2D eigenvalue weighted by molar-refractivity contribution is 7.80. The number of hydrogen-bond donors (Lipinski definition) is 1. The van der Waals surface area contributed by atoms with Gasteiger partial charge in [0.15, 0.2) is 5.11 Å². The third-order valence-corrected chi connectivity index (χ3v) is 5.43. The summed E-state index contributed by atoms with van der Waals surface area (Å²) in [6.07, 6.45) is 6.87. The summed E-state index contributed by atoms with van der Waals surface area (Å²) < 4.78 is 0. The summed E-state index contributed by atoms with van der Waals surface area (Å²) in [5, 5.41) is 2.85. The number of nitrogens with one attached hydrogen (secondary N) is 1. The van der Waals surface area contributed by atoms with Crippen molar-refractivity contribution in [2.24, 2.45) is 0 Å². The van der Waals surface area contributed by atoms with Crippen LogP contribution in [0.1, 0.15) is 50.7 Å². The van der Waals surface area contributed by atoms with Gasteiger partial charge in [0, 0.05) is 25.3 Å². The Hall–Kier alpha value is -2.21. The lowest BCUT2D eigenvalue weighted by Gasteiger charge is -2.28. The molecule has 2 aliphatic heterocycles. The molecular weight excluding hydrogens is 358 g/mol. The Kier molecular flexibility index (Phi) is 6.26. The van der Waals surface area contributed by atoms with Crippen LogP contribution in [-0.2, 0) is 16.0 Å². The van der Waals surface area contributed by atoms with Gasteiger partial charge in [-0.3, -0.25) is 19.8 Å². The van der Waals surface area contributed by atoms with Gasteiger partial charge in [0.2, 0.25) is 0 Å². The molecule has 5 nitrogen and oxygen atoms in total. The first-order valence-electron chi connectivity index (χ1n) is 9.82. The van der Waals surface area contributed by atoms with Crippen LogP contribution in [0.15, 0.2) is 23.8 Å². The highest BCUT2D eigenvalue weighted by Crippen LogP contribution is 2.30. The quantitative estimate of drug-likeness (QED) is 0.445. The fourth-order valence-electron chi connectivity index (χ4n) is 3.54. The fraction of sp³-hybridized carbons (Fsp3) is 0.476. The van der Waals surface area contributed by atoms with Gasteiger partial charge in [0.1, 0.15) is 5.57 Å². The maximum Gasteiger partial charge on any atom is 0.265 e. The molecule has 0 unspecified atom stereocenters. The lowest BCUT2D eigenvalue weighted by Crippen LogP contribution is -2.54. The van der Waals surface area contributed by atoms with Gasteiger partial charge in [0.05, 0.1) is 0 Å². The zero-order valence-corrected chi connectivity index (χ0v) is 16.9. The first-order chi connectivity index (χ1) is 13.0. The molecule has 3 rings (SSSR count). The SMILES string of the molecule is CCCCN1C(=O)/C(=C/c2ccc3c(c2)CCN3CCCC)C(=O)NC1=S. The van der Waals surface area contributed by atoms with Crippen molar-refractivity contribution in [3.8, 4) is 0 Å². The third-order valence-electron chi connectivity index (χ3n) is 5.11. The van der Waals surface area contributed by atoms with E-state index in [4.69, 9.17) is 12.2 Å². The number of amides is 2. The Morgan fingerprint density at radius 3 is 2.63 bits per heavy atom. The number of anilines is 1. The molecule has 0 atom stereocenters. The first kappa shape index (κ1) is 19.5. The standard InChI is InChI=1S/C21H27N3O2S/c1-3-5-10-23-12-9-16-13-15(7-8-18(16)23)14-17-19(25)22-21(27)24(20(17)26)11-6-4-2/h7-8,13-14H,3-6,9-12H2,1-2H3,(H,22,25,27)/b17-14+. The zero-order chi connectivity index (χ0) is 19.4. The van der Waals surface area contributed by atoms with Crippen LogP contribution < -0.4 is 10.2 Å². The Labute approximate surface area is 166 Å². The Morgan fingerprint density at radius 1 is 1.15 bits per heavy atom. The Morgan fingerprint density at radius 2 is 1.89 bits per heavy atom. The molecule has 1 fully saturated rings. The molecule has 0 aromatic heterocycles. The molecule has 0 spiro atoms. The Bertz CT molecular complexity index is 788. The van der Waals surface area contributed by atoms with Gasteiger partial charge in [-0.05, 0) is 60.8 Å². The molecule has 27 heavy (non-hydrogen) atoms. The molecule has 0 bridgehead atoms. The van der Waals surface area contributed by atoms with E-state index >= 15 is 0 Å². The molecule has 1 aromatic rings. The largest absolute Gasteiger partial charge is 0.371 e. The van der Waals surface area contributed by atoms with Crippen molar-refractivity contribution in [2.45, 2.75) is 46.0 Å². The topological polar surface area (TPSA) is 52.7 Å². The van der Waals surface area contributed by atoms with Crippen molar-refractivity contribution in [1.29, 1.82) is 0 Å². The van der Waals surface area contributed by atoms with Crippen molar-refractivity contribution in [1.82, 2.24) is 10.2 Å². The van der Waals surface area contributed by atoms with Crippen molar-refractivity contribution >= 4 is 40.9 Å². The van der Waals surface area contributed by atoms with Crippen LogP contribution in [0.5, 0.6) is 0 Å². The van der Waals surface area contributed by atoms with Crippen LogP contribution in [0.25, 0.3) is 6.08 Å². The highest BCUT2D eigenvalue weighted by atomic mass is 32.1. The summed E-state index contributed by atoms with van der Waals surface area (Å²) in [5.41, 5.74) is 3.59. The van der Waals surface area contributed by atoms with Crippen molar-refractivity contribution < 1.29 is 9.59 Å². The summed E-state index contributed by atoms with van der Waals surface area (Å²) in [7, 11) is 0. The molecule has 0 aliphatic carbocycles. The predicted octanol–water partition coefficient (Wildman–Crippen LogP) is 3.28. The van der Waals surface area contributed by atoms with Crippen LogP contribution in [-0.4, -0.2) is 41.5 Å². The summed E-state index contributed by atoms with van der Waals surface area (Å²) in [6.45, 7) is 6.90. The normalized spacial score (nSPS) is 18.3. The number of rotatable bonds is 7. The lowest BCUT2D eigenvalue weighted by molar-refractivity contribution is -0.128. The maximum absolute atomic E-state index is 12.8. The van der Waals surface area contributed by atoms with Gasteiger partial charge in [-0.15, -0.1) is 0 Å². The van der Waals surface area contributed by atoms with E-state index in [2.05, 4.69) is 36.2 Å². The number of fused-ring (bicyclic) bond motifs is 1. The average Bonchev–Trinajstić information content (AvgIpc) is 3.05. The van der Waals surface area contributed by atoms with Crippen LogP contribution in [0, 0.1) is 0 Å². The number of carbonyl (C=O) groups is 2. The summed E-state index contributed by atoms with van der Waals surface area (Å²) >= 11 is 5.17. The Balaban J connectivity index is 1.82. The second-order valence-corrected chi connectivity index (χ2v) is 7.49. The maximum atomic E-state index is 12.8. The minimum absolute atomic E-state index is 0.153. The fourth-order valence-corrected chi connectivity index (χ4v) is 3.81. The smallest absolute Gasteiger partial charge is 0.265 e. The van der Waals surface area contributed by atoms with Crippen LogP contribution in [0.4, 0.5) is 5.69 Å². The molecule has 144 valence electrons. The molecule has 6 heteroatoms. The van der Waals surface area contributed by atoms with Gasteiger partial charge in [-0.1, -0.05) is 32.8 Å². The minimum Gasteiger partial charge on any atom is -0.371 e. The second-order valence-electron chi connectivity index (χ2n) is 7.11. The number of carbonyl (C=O) groups excluding carboxylic acids is 2. The molecule has 1 saturated heterocycles. The number of nitrogens with zero attached hydrogens (tertiary/aromatic N) is 2. The van der Waals surface area contributed by atoms with Crippen molar-refractivity contribution in [3.05, 3.63) is 34.9 Å². The van der Waals surface area contributed by atoms with Gasteiger partial charge >= 0.3 is 0 Å². The van der Waals surface area contributed by atoms with E-state index in [0.717, 1.165) is 37.9 Å². The third kappa shape index (κ3) is 4.21. The van der Waals surface area contributed by atoms with E-state index in [9.17, 15) is 9.59 Å². The van der Waals surface area contributed by atoms with Gasteiger partial charge in [0.25, 0.3) is 11.8 Å². The van der Waals surface area contributed by atoms with Crippen molar-refractivity contribution in [2.75, 3.05) is 24.5 Å². The first-order valence-corrected chi connectivity index (χ1v) is 10.2. The molecule has 2 amide bonds. The monoisotopic (exact) mass is 385 g/mol. The van der Waals surface area contributed by atoms with E-state index in [1.54, 1.807) is 6.08 Å². The molecule has 0 saturated carbocycles. The molecule has 0 radical (unpaired) electrons. The number of unbranched alkanes of at least 4 members (excludes halogenated alkanes) is 2. The zero-order valence-electron chi connectivity index (χ0n) is 16.1. The van der Waals surface area contributed by atoms with E-state index in [1.165, 1.54) is 29.0 Å². The van der Waals surface area contributed by atoms with Crippen molar-refractivity contribution in [3.63, 3.8) is 0 Å². The lowest BCUT2D eigenvalue weighted by atomic mass is 10.0. The van der Waals surface area contributed by atoms with E-state index in [1.807, 2.05) is 6.07 Å². The van der Waals surface area contributed by atoms with E-state index in [-0.39, 0.29) is 16.6 Å². The number of hydrogen-bond acceptors (Lipinski definition) is 4. The summed E-state index contributed by atoms with van der Waals surface area (Å²) in [5.74, 6) is -0.718. The van der Waals surface area contributed by atoms with Gasteiger partial charge in [-0.2, -0.15) is 0 Å². The van der Waals surface area contributed by atoms with Crippen LogP contribution in [0.3, 0.4) is 0 Å². The van der Waals surface area contributed by atoms with Gasteiger partial charge < -0.3 is 4.90 Å². The summed E-state index contributed by atoms with van der Waals surface area (Å²) in [4.78, 5) is 29.0. The highest BCUT2D eigenvalue weighted by Gasteiger charge is 2.33. The van der Waals surface area contributed by atoms with E-state index in [0.29, 0.717) is 6.54 Å². The van der Waals surface area contributed by atoms with E-state index < -0.39 is 5.91 Å². The molecule has 1 aromatic carbocycles. The predicted molar refractivity (Wildman–Crippen MR) is 113 cm³/mol. The molecular formula is C21H27N3O2S. The minimum atomic E-state index is -0.414. The second kappa shape index (κ2) is 8.65. The molecule has 1 N–H and O–H groups in total. The molecule has 2 heterocycles. The summed E-state index contributed by atoms with van der Waals surface area (Å²) in [6, 6.07) is 6.19. The number of thiocarbonyl (C=S) groups is 1. The van der Waals surface area contributed by atoms with Crippen LogP contribution >= 0.6 is 12.2 Å². The molecule has 2 aliphatic rings. The van der Waals surface area contributed by atoms with Gasteiger partial charge in [-0.25, -0.2) is 0 Å². The average molecular weight is 386 g/mol. The van der Waals surface area contributed by atoms with Crippen LogP contribution in [0.2, 0.25) is 0 Å².